The molecule has 0 spiro atoms. The van der Waals surface area contributed by atoms with Crippen LogP contribution in [0.15, 0.2) is 24.3 Å². The number of aryl methyl sites for hydroxylation is 3. The average molecular weight is 360 g/mol. The highest BCUT2D eigenvalue weighted by Gasteiger charge is 2.23. The van der Waals surface area contributed by atoms with Crippen molar-refractivity contribution in [2.75, 3.05) is 36.4 Å². The Morgan fingerprint density at radius 1 is 1.04 bits per heavy atom. The van der Waals surface area contributed by atoms with E-state index >= 15 is 0 Å². The Hall–Kier alpha value is -2.34. The molecule has 0 unspecified atom stereocenters. The Morgan fingerprint density at radius 3 is 2.28 bits per heavy atom. The molecule has 1 aliphatic heterocycles. The van der Waals surface area contributed by atoms with Crippen LogP contribution in [-0.4, -0.2) is 47.1 Å². The van der Waals surface area contributed by atoms with Crippen molar-refractivity contribution in [1.82, 2.24) is 14.9 Å². The minimum atomic E-state index is -0.110. The number of amides is 2. The van der Waals surface area contributed by atoms with E-state index in [-0.39, 0.29) is 6.03 Å². The van der Waals surface area contributed by atoms with Crippen LogP contribution in [0.2, 0.25) is 5.02 Å². The van der Waals surface area contributed by atoms with Crippen LogP contribution in [0.1, 0.15) is 17.0 Å². The van der Waals surface area contributed by atoms with Gasteiger partial charge in [-0.15, -0.1) is 0 Å². The molecule has 0 radical (unpaired) electrons. The quantitative estimate of drug-likeness (QED) is 0.892. The number of halogens is 1. The fraction of sp³-hybridized carbons (Fsp3) is 0.389. The van der Waals surface area contributed by atoms with Gasteiger partial charge in [0.25, 0.3) is 0 Å². The van der Waals surface area contributed by atoms with Crippen LogP contribution in [0.3, 0.4) is 0 Å². The van der Waals surface area contributed by atoms with E-state index in [1.165, 1.54) is 0 Å². The highest BCUT2D eigenvalue weighted by Crippen LogP contribution is 2.20. The lowest BCUT2D eigenvalue weighted by atomic mass is 10.2. The third-order valence-corrected chi connectivity index (χ3v) is 4.65. The van der Waals surface area contributed by atoms with E-state index in [1.54, 1.807) is 11.0 Å². The first-order valence-corrected chi connectivity index (χ1v) is 8.69. The van der Waals surface area contributed by atoms with Crippen molar-refractivity contribution in [3.05, 3.63) is 46.2 Å². The normalized spacial score (nSPS) is 14.6. The van der Waals surface area contributed by atoms with Crippen LogP contribution < -0.4 is 10.2 Å². The molecule has 3 rings (SSSR count). The van der Waals surface area contributed by atoms with Crippen molar-refractivity contribution in [3.8, 4) is 0 Å². The smallest absolute Gasteiger partial charge is 0.321 e. The number of aromatic nitrogens is 2. The first-order valence-electron chi connectivity index (χ1n) is 8.32. The SMILES string of the molecule is Cc1cc(C)nc(N2CCN(C(=O)Nc3ccc(C)c(Cl)c3)CC2)n1. The molecule has 0 atom stereocenters. The highest BCUT2D eigenvalue weighted by atomic mass is 35.5. The van der Waals surface area contributed by atoms with E-state index in [4.69, 9.17) is 11.6 Å². The largest absolute Gasteiger partial charge is 0.337 e. The maximum atomic E-state index is 12.4. The number of nitrogens with one attached hydrogen (secondary N) is 1. The molecule has 1 aliphatic rings. The number of nitrogens with zero attached hydrogens (tertiary/aromatic N) is 4. The molecule has 25 heavy (non-hydrogen) atoms. The lowest BCUT2D eigenvalue weighted by molar-refractivity contribution is 0.208. The zero-order valence-corrected chi connectivity index (χ0v) is 15.5. The van der Waals surface area contributed by atoms with Gasteiger partial charge in [-0.1, -0.05) is 17.7 Å². The van der Waals surface area contributed by atoms with Gasteiger partial charge in [-0.2, -0.15) is 0 Å². The molecule has 1 aromatic carbocycles. The minimum Gasteiger partial charge on any atom is -0.337 e. The number of carbonyl (C=O) groups is 1. The fourth-order valence-corrected chi connectivity index (χ4v) is 3.01. The van der Waals surface area contributed by atoms with Gasteiger partial charge >= 0.3 is 6.03 Å². The summed E-state index contributed by atoms with van der Waals surface area (Å²) in [6, 6.07) is 7.38. The lowest BCUT2D eigenvalue weighted by Gasteiger charge is -2.34. The first-order chi connectivity index (χ1) is 11.9. The predicted molar refractivity (Wildman–Crippen MR) is 100 cm³/mol. The third kappa shape index (κ3) is 4.20. The molecular weight excluding hydrogens is 338 g/mol. The second-order valence-corrected chi connectivity index (χ2v) is 6.73. The number of carbonyl (C=O) groups excluding carboxylic acids is 1. The summed E-state index contributed by atoms with van der Waals surface area (Å²) >= 11 is 6.11. The number of benzene rings is 1. The van der Waals surface area contributed by atoms with E-state index in [9.17, 15) is 4.79 Å². The van der Waals surface area contributed by atoms with Gasteiger partial charge in [0, 0.05) is 48.3 Å². The molecule has 2 amide bonds. The third-order valence-electron chi connectivity index (χ3n) is 4.24. The Balaban J connectivity index is 1.59. The molecule has 1 saturated heterocycles. The molecule has 2 aromatic rings. The Labute approximate surface area is 152 Å². The molecule has 1 N–H and O–H groups in total. The minimum absolute atomic E-state index is 0.110. The molecule has 6 nitrogen and oxygen atoms in total. The number of rotatable bonds is 2. The van der Waals surface area contributed by atoms with Gasteiger partial charge in [-0.3, -0.25) is 0 Å². The molecule has 0 bridgehead atoms. The standard InChI is InChI=1S/C18H22ClN5O/c1-12-4-5-15(11-16(12)19)22-18(25)24-8-6-23(7-9-24)17-20-13(2)10-14(3)21-17/h4-5,10-11H,6-9H2,1-3H3,(H,22,25). The van der Waals surface area contributed by atoms with Gasteiger partial charge in [0.1, 0.15) is 0 Å². The molecule has 0 aliphatic carbocycles. The van der Waals surface area contributed by atoms with Gasteiger partial charge in [-0.25, -0.2) is 14.8 Å². The number of anilines is 2. The van der Waals surface area contributed by atoms with Crippen LogP contribution in [0.5, 0.6) is 0 Å². The van der Waals surface area contributed by atoms with E-state index in [0.717, 1.165) is 22.9 Å². The first kappa shape index (κ1) is 17.5. The van der Waals surface area contributed by atoms with Crippen molar-refractivity contribution < 1.29 is 4.79 Å². The molecule has 1 aromatic heterocycles. The Kier molecular flexibility index (Phi) is 5.08. The molecule has 132 valence electrons. The Morgan fingerprint density at radius 2 is 1.68 bits per heavy atom. The Bertz CT molecular complexity index is 767. The van der Waals surface area contributed by atoms with Crippen molar-refractivity contribution >= 4 is 29.3 Å². The summed E-state index contributed by atoms with van der Waals surface area (Å²) in [5, 5.41) is 3.55. The number of hydrogen-bond donors (Lipinski definition) is 1. The van der Waals surface area contributed by atoms with Crippen LogP contribution in [0.25, 0.3) is 0 Å². The second-order valence-electron chi connectivity index (χ2n) is 6.32. The average Bonchev–Trinajstić information content (AvgIpc) is 2.57. The van der Waals surface area contributed by atoms with Crippen molar-refractivity contribution in [2.45, 2.75) is 20.8 Å². The van der Waals surface area contributed by atoms with E-state index in [0.29, 0.717) is 36.9 Å². The van der Waals surface area contributed by atoms with Crippen molar-refractivity contribution in [1.29, 1.82) is 0 Å². The summed E-state index contributed by atoms with van der Waals surface area (Å²) in [5.41, 5.74) is 3.61. The predicted octanol–water partition coefficient (Wildman–Crippen LogP) is 3.41. The van der Waals surface area contributed by atoms with E-state index < -0.39 is 0 Å². The summed E-state index contributed by atoms with van der Waals surface area (Å²) < 4.78 is 0. The van der Waals surface area contributed by atoms with Gasteiger partial charge in [0.2, 0.25) is 5.95 Å². The fourth-order valence-electron chi connectivity index (χ4n) is 2.83. The van der Waals surface area contributed by atoms with Gasteiger partial charge in [0.05, 0.1) is 0 Å². The van der Waals surface area contributed by atoms with Crippen LogP contribution >= 0.6 is 11.6 Å². The summed E-state index contributed by atoms with van der Waals surface area (Å²) in [5.74, 6) is 0.739. The zero-order chi connectivity index (χ0) is 18.0. The van der Waals surface area contributed by atoms with Gasteiger partial charge in [0.15, 0.2) is 0 Å². The molecule has 1 fully saturated rings. The van der Waals surface area contributed by atoms with Crippen LogP contribution in [0, 0.1) is 20.8 Å². The maximum absolute atomic E-state index is 12.4. The van der Waals surface area contributed by atoms with Gasteiger partial charge < -0.3 is 15.1 Å². The molecule has 7 heteroatoms. The van der Waals surface area contributed by atoms with Crippen LogP contribution in [0.4, 0.5) is 16.4 Å². The van der Waals surface area contributed by atoms with E-state index in [2.05, 4.69) is 20.2 Å². The maximum Gasteiger partial charge on any atom is 0.321 e. The summed E-state index contributed by atoms with van der Waals surface area (Å²) in [7, 11) is 0. The van der Waals surface area contributed by atoms with Gasteiger partial charge in [-0.05, 0) is 44.5 Å². The van der Waals surface area contributed by atoms with Crippen molar-refractivity contribution in [3.63, 3.8) is 0 Å². The number of urea groups is 1. The molecule has 2 heterocycles. The zero-order valence-electron chi connectivity index (χ0n) is 14.7. The number of hydrogen-bond acceptors (Lipinski definition) is 4. The highest BCUT2D eigenvalue weighted by molar-refractivity contribution is 6.31. The topological polar surface area (TPSA) is 61.4 Å². The number of piperazine rings is 1. The molecule has 0 saturated carbocycles. The van der Waals surface area contributed by atoms with E-state index in [1.807, 2.05) is 39.0 Å². The lowest BCUT2D eigenvalue weighted by Crippen LogP contribution is -2.50. The molecular formula is C18H22ClN5O. The second kappa shape index (κ2) is 7.27. The summed E-state index contributed by atoms with van der Waals surface area (Å²) in [4.78, 5) is 25.3. The summed E-state index contributed by atoms with van der Waals surface area (Å²) in [6.07, 6.45) is 0. The summed E-state index contributed by atoms with van der Waals surface area (Å²) in [6.45, 7) is 8.55. The van der Waals surface area contributed by atoms with Crippen LogP contribution in [-0.2, 0) is 0 Å². The monoisotopic (exact) mass is 359 g/mol. The van der Waals surface area contributed by atoms with Crippen molar-refractivity contribution in [2.24, 2.45) is 0 Å².